The van der Waals surface area contributed by atoms with Crippen LogP contribution < -0.4 is 5.32 Å². The molecule has 0 heterocycles. The zero-order chi connectivity index (χ0) is 13.9. The van der Waals surface area contributed by atoms with Gasteiger partial charge in [0.1, 0.15) is 5.75 Å². The second-order valence-electron chi connectivity index (χ2n) is 3.41. The smallest absolute Gasteiger partial charge is 0.471 e. The summed E-state index contributed by atoms with van der Waals surface area (Å²) in [5.74, 6) is -1.95. The molecule has 0 spiro atoms. The summed E-state index contributed by atoms with van der Waals surface area (Å²) in [5.41, 5.74) is 0.675. The summed E-state index contributed by atoms with van der Waals surface area (Å²) in [4.78, 5) is 10.5. The van der Waals surface area contributed by atoms with Crippen molar-refractivity contribution in [3.8, 4) is 5.75 Å². The number of phenolic OH excluding ortho intramolecular Hbond substituents is 1. The molecule has 0 atom stereocenters. The van der Waals surface area contributed by atoms with Crippen molar-refractivity contribution in [3.63, 3.8) is 0 Å². The minimum Gasteiger partial charge on any atom is -0.506 e. The van der Waals surface area contributed by atoms with Crippen molar-refractivity contribution in [2.45, 2.75) is 12.6 Å². The van der Waals surface area contributed by atoms with Crippen LogP contribution in [0.1, 0.15) is 5.56 Å². The van der Waals surface area contributed by atoms with Crippen LogP contribution >= 0.6 is 31.9 Å². The van der Waals surface area contributed by atoms with Crippen molar-refractivity contribution < 1.29 is 23.1 Å². The maximum absolute atomic E-state index is 11.9. The van der Waals surface area contributed by atoms with E-state index in [4.69, 9.17) is 0 Å². The van der Waals surface area contributed by atoms with E-state index in [2.05, 4.69) is 31.9 Å². The Bertz CT molecular complexity index is 440. The molecule has 3 nitrogen and oxygen atoms in total. The molecule has 0 unspecified atom stereocenters. The van der Waals surface area contributed by atoms with Gasteiger partial charge >= 0.3 is 12.1 Å². The molecule has 1 aromatic rings. The quantitative estimate of drug-likeness (QED) is 0.832. The first kappa shape index (κ1) is 15.3. The van der Waals surface area contributed by atoms with E-state index < -0.39 is 12.1 Å². The molecular weight excluding hydrogens is 383 g/mol. The van der Waals surface area contributed by atoms with Gasteiger partial charge in [-0.2, -0.15) is 13.2 Å². The molecule has 0 aliphatic rings. The lowest BCUT2D eigenvalue weighted by Gasteiger charge is -2.09. The molecule has 100 valence electrons. The minimum atomic E-state index is -4.86. The average Bonchev–Trinajstić information content (AvgIpc) is 2.24. The first-order valence-electron chi connectivity index (χ1n) is 4.73. The Kier molecular flexibility index (Phi) is 5.03. The zero-order valence-corrected chi connectivity index (χ0v) is 12.0. The van der Waals surface area contributed by atoms with Crippen molar-refractivity contribution in [2.24, 2.45) is 0 Å². The van der Waals surface area contributed by atoms with Crippen molar-refractivity contribution in [2.75, 3.05) is 6.54 Å². The number of hydrogen-bond acceptors (Lipinski definition) is 2. The number of amides is 1. The normalized spacial score (nSPS) is 11.4. The molecule has 1 amide bonds. The Morgan fingerprint density at radius 1 is 1.28 bits per heavy atom. The Morgan fingerprint density at radius 3 is 2.22 bits per heavy atom. The van der Waals surface area contributed by atoms with Gasteiger partial charge in [0.15, 0.2) is 0 Å². The van der Waals surface area contributed by atoms with Gasteiger partial charge in [-0.1, -0.05) is 0 Å². The molecule has 0 fully saturated rings. The lowest BCUT2D eigenvalue weighted by Crippen LogP contribution is -2.37. The maximum atomic E-state index is 11.9. The van der Waals surface area contributed by atoms with Crippen LogP contribution in [-0.4, -0.2) is 23.7 Å². The van der Waals surface area contributed by atoms with Crippen LogP contribution in [0.2, 0.25) is 0 Å². The molecule has 0 radical (unpaired) electrons. The first-order valence-corrected chi connectivity index (χ1v) is 6.32. The first-order chi connectivity index (χ1) is 8.21. The highest BCUT2D eigenvalue weighted by Gasteiger charge is 2.38. The standard InChI is InChI=1S/C10H8Br2F3NO2/c11-6-3-5(4-7(12)8(6)17)1-2-16-9(18)10(13,14)15/h3-4,17H,1-2H2,(H,16,18). The molecule has 0 aliphatic carbocycles. The molecule has 18 heavy (non-hydrogen) atoms. The molecule has 1 aromatic carbocycles. The van der Waals surface area contributed by atoms with Gasteiger partial charge in [-0.3, -0.25) is 4.79 Å². The van der Waals surface area contributed by atoms with Crippen molar-refractivity contribution in [3.05, 3.63) is 26.6 Å². The summed E-state index contributed by atoms with van der Waals surface area (Å²) in [5, 5.41) is 11.2. The predicted octanol–water partition coefficient (Wildman–Crippen LogP) is 3.14. The Labute approximate surface area is 118 Å². The van der Waals surface area contributed by atoms with E-state index in [9.17, 15) is 23.1 Å². The van der Waals surface area contributed by atoms with E-state index in [1.807, 2.05) is 0 Å². The molecular formula is C10H8Br2F3NO2. The third kappa shape index (κ3) is 4.16. The van der Waals surface area contributed by atoms with E-state index in [-0.39, 0.29) is 18.7 Å². The second kappa shape index (κ2) is 5.92. The Balaban J connectivity index is 2.58. The van der Waals surface area contributed by atoms with Crippen LogP contribution in [0, 0.1) is 0 Å². The molecule has 0 aromatic heterocycles. The largest absolute Gasteiger partial charge is 0.506 e. The topological polar surface area (TPSA) is 49.3 Å². The molecule has 0 aliphatic heterocycles. The third-order valence-electron chi connectivity index (χ3n) is 2.03. The Hall–Kier alpha value is -0.760. The molecule has 2 N–H and O–H groups in total. The number of halogens is 5. The second-order valence-corrected chi connectivity index (χ2v) is 5.12. The molecule has 0 saturated carbocycles. The van der Waals surface area contributed by atoms with Gasteiger partial charge in [0.2, 0.25) is 0 Å². The van der Waals surface area contributed by atoms with Crippen molar-refractivity contribution >= 4 is 37.8 Å². The molecule has 0 bridgehead atoms. The number of alkyl halides is 3. The number of aromatic hydroxyl groups is 1. The summed E-state index contributed by atoms with van der Waals surface area (Å²) >= 11 is 6.20. The van der Waals surface area contributed by atoms with E-state index in [1.54, 1.807) is 17.4 Å². The number of carbonyl (C=O) groups excluding carboxylic acids is 1. The number of rotatable bonds is 3. The van der Waals surface area contributed by atoms with E-state index in [1.165, 1.54) is 0 Å². The number of hydrogen-bond donors (Lipinski definition) is 2. The van der Waals surface area contributed by atoms with Crippen LogP contribution in [0.25, 0.3) is 0 Å². The maximum Gasteiger partial charge on any atom is 0.471 e. The van der Waals surface area contributed by atoms with E-state index in [0.29, 0.717) is 14.5 Å². The van der Waals surface area contributed by atoms with Crippen LogP contribution in [0.15, 0.2) is 21.1 Å². The Morgan fingerprint density at radius 2 is 1.78 bits per heavy atom. The zero-order valence-electron chi connectivity index (χ0n) is 8.81. The van der Waals surface area contributed by atoms with Crippen molar-refractivity contribution in [1.29, 1.82) is 0 Å². The molecule has 1 rings (SSSR count). The van der Waals surface area contributed by atoms with Gasteiger partial charge in [-0.15, -0.1) is 0 Å². The van der Waals surface area contributed by atoms with Gasteiger partial charge in [0.25, 0.3) is 0 Å². The fourth-order valence-electron chi connectivity index (χ4n) is 1.18. The van der Waals surface area contributed by atoms with Gasteiger partial charge < -0.3 is 10.4 Å². The third-order valence-corrected chi connectivity index (χ3v) is 3.24. The number of phenols is 1. The van der Waals surface area contributed by atoms with Crippen LogP contribution in [0.3, 0.4) is 0 Å². The average molecular weight is 391 g/mol. The van der Waals surface area contributed by atoms with E-state index in [0.717, 1.165) is 0 Å². The highest BCUT2D eigenvalue weighted by atomic mass is 79.9. The summed E-state index contributed by atoms with van der Waals surface area (Å²) in [6.45, 7) is -0.137. The van der Waals surface area contributed by atoms with Gasteiger partial charge in [0.05, 0.1) is 8.95 Å². The van der Waals surface area contributed by atoms with Crippen LogP contribution in [0.5, 0.6) is 5.75 Å². The molecule has 0 saturated heterocycles. The summed E-state index contributed by atoms with van der Waals surface area (Å²) in [6.07, 6.45) is -4.64. The summed E-state index contributed by atoms with van der Waals surface area (Å²) in [7, 11) is 0. The van der Waals surface area contributed by atoms with E-state index >= 15 is 0 Å². The summed E-state index contributed by atoms with van der Waals surface area (Å²) < 4.78 is 36.5. The lowest BCUT2D eigenvalue weighted by molar-refractivity contribution is -0.173. The predicted molar refractivity (Wildman–Crippen MR) is 66.3 cm³/mol. The molecule has 8 heteroatoms. The van der Waals surface area contributed by atoms with Gasteiger partial charge in [-0.25, -0.2) is 0 Å². The highest BCUT2D eigenvalue weighted by Crippen LogP contribution is 2.33. The SMILES string of the molecule is O=C(NCCc1cc(Br)c(O)c(Br)c1)C(F)(F)F. The highest BCUT2D eigenvalue weighted by molar-refractivity contribution is 9.11. The number of benzene rings is 1. The van der Waals surface area contributed by atoms with Gasteiger partial charge in [0, 0.05) is 6.54 Å². The fourth-order valence-corrected chi connectivity index (χ4v) is 2.46. The van der Waals surface area contributed by atoms with Crippen LogP contribution in [-0.2, 0) is 11.2 Å². The monoisotopic (exact) mass is 389 g/mol. The minimum absolute atomic E-state index is 0.0121. The number of nitrogens with one attached hydrogen (secondary N) is 1. The van der Waals surface area contributed by atoms with Crippen LogP contribution in [0.4, 0.5) is 13.2 Å². The van der Waals surface area contributed by atoms with Gasteiger partial charge in [-0.05, 0) is 56.0 Å². The number of carbonyl (C=O) groups is 1. The lowest BCUT2D eigenvalue weighted by atomic mass is 10.1. The fraction of sp³-hybridized carbons (Fsp3) is 0.300. The van der Waals surface area contributed by atoms with Crippen molar-refractivity contribution in [1.82, 2.24) is 5.32 Å². The summed E-state index contributed by atoms with van der Waals surface area (Å²) in [6, 6.07) is 3.14.